The molecule has 14 heavy (non-hydrogen) atoms. The predicted molar refractivity (Wildman–Crippen MR) is 57.2 cm³/mol. The first-order valence-corrected chi connectivity index (χ1v) is 5.48. The summed E-state index contributed by atoms with van der Waals surface area (Å²) in [6.07, 6.45) is 7.67. The number of hydrogen-bond acceptors (Lipinski definition) is 2. The third kappa shape index (κ3) is 1.82. The van der Waals surface area contributed by atoms with Gasteiger partial charge in [-0.1, -0.05) is 12.8 Å². The van der Waals surface area contributed by atoms with Crippen LogP contribution in [0.2, 0.25) is 0 Å². The minimum atomic E-state index is 0.770. The van der Waals surface area contributed by atoms with E-state index in [4.69, 9.17) is 0 Å². The highest BCUT2D eigenvalue weighted by molar-refractivity contribution is 5.22. The molecule has 0 spiro atoms. The Labute approximate surface area is 85.5 Å². The Morgan fingerprint density at radius 2 is 2.21 bits per heavy atom. The Kier molecular flexibility index (Phi) is 2.87. The summed E-state index contributed by atoms with van der Waals surface area (Å²) in [5, 5.41) is 7.68. The van der Waals surface area contributed by atoms with Gasteiger partial charge in [-0.3, -0.25) is 4.68 Å². The van der Waals surface area contributed by atoms with E-state index in [1.165, 1.54) is 36.9 Å². The van der Waals surface area contributed by atoms with Crippen LogP contribution in [0.25, 0.3) is 0 Å². The molecule has 1 N–H and O–H groups in total. The van der Waals surface area contributed by atoms with E-state index in [0.29, 0.717) is 0 Å². The van der Waals surface area contributed by atoms with Gasteiger partial charge in [0.15, 0.2) is 0 Å². The second-order valence-corrected chi connectivity index (χ2v) is 4.22. The maximum absolute atomic E-state index is 4.50. The molecule has 1 aromatic heterocycles. The lowest BCUT2D eigenvalue weighted by molar-refractivity contribution is 0.690. The monoisotopic (exact) mass is 193 g/mol. The zero-order chi connectivity index (χ0) is 9.97. The van der Waals surface area contributed by atoms with Crippen LogP contribution in [0.15, 0.2) is 6.20 Å². The fraction of sp³-hybridized carbons (Fsp3) is 0.727. The smallest absolute Gasteiger partial charge is 0.0796 e. The van der Waals surface area contributed by atoms with E-state index in [-0.39, 0.29) is 0 Å². The number of aromatic nitrogens is 2. The standard InChI is InChI=1S/C11H19N3/c1-12-7-11-10(8-14(2)13-11)9-5-3-4-6-9/h8-9,12H,3-7H2,1-2H3. The molecule has 1 fully saturated rings. The molecule has 2 rings (SSSR count). The summed E-state index contributed by atoms with van der Waals surface area (Å²) in [6.45, 7) is 0.896. The fourth-order valence-corrected chi connectivity index (χ4v) is 2.44. The van der Waals surface area contributed by atoms with Crippen LogP contribution in [0.1, 0.15) is 42.9 Å². The lowest BCUT2D eigenvalue weighted by Gasteiger charge is -2.08. The van der Waals surface area contributed by atoms with Crippen molar-refractivity contribution in [3.63, 3.8) is 0 Å². The summed E-state index contributed by atoms with van der Waals surface area (Å²) in [5.41, 5.74) is 2.71. The highest BCUT2D eigenvalue weighted by atomic mass is 15.3. The molecule has 1 heterocycles. The topological polar surface area (TPSA) is 29.9 Å². The highest BCUT2D eigenvalue weighted by Crippen LogP contribution is 2.35. The van der Waals surface area contributed by atoms with Crippen molar-refractivity contribution in [1.29, 1.82) is 0 Å². The largest absolute Gasteiger partial charge is 0.314 e. The molecule has 3 nitrogen and oxygen atoms in total. The third-order valence-electron chi connectivity index (χ3n) is 3.08. The zero-order valence-corrected chi connectivity index (χ0v) is 9.08. The van der Waals surface area contributed by atoms with Crippen molar-refractivity contribution in [1.82, 2.24) is 15.1 Å². The third-order valence-corrected chi connectivity index (χ3v) is 3.08. The molecule has 1 aromatic rings. The SMILES string of the molecule is CNCc1nn(C)cc1C1CCCC1. The quantitative estimate of drug-likeness (QED) is 0.793. The van der Waals surface area contributed by atoms with Gasteiger partial charge in [0.1, 0.15) is 0 Å². The van der Waals surface area contributed by atoms with Crippen molar-refractivity contribution in [2.24, 2.45) is 7.05 Å². The van der Waals surface area contributed by atoms with Gasteiger partial charge in [0.05, 0.1) is 5.69 Å². The van der Waals surface area contributed by atoms with Gasteiger partial charge in [-0.15, -0.1) is 0 Å². The second-order valence-electron chi connectivity index (χ2n) is 4.22. The molecule has 1 saturated carbocycles. The first kappa shape index (κ1) is 9.71. The normalized spacial score (nSPS) is 17.9. The average Bonchev–Trinajstić information content (AvgIpc) is 2.74. The molecule has 0 atom stereocenters. The van der Waals surface area contributed by atoms with Crippen molar-refractivity contribution in [3.05, 3.63) is 17.5 Å². The van der Waals surface area contributed by atoms with Gasteiger partial charge in [-0.25, -0.2) is 0 Å². The van der Waals surface area contributed by atoms with Crippen LogP contribution in [0.5, 0.6) is 0 Å². The summed E-state index contributed by atoms with van der Waals surface area (Å²) in [7, 11) is 3.99. The lowest BCUT2D eigenvalue weighted by atomic mass is 9.98. The van der Waals surface area contributed by atoms with Crippen LogP contribution < -0.4 is 5.32 Å². The van der Waals surface area contributed by atoms with E-state index in [0.717, 1.165) is 12.5 Å². The van der Waals surface area contributed by atoms with Gasteiger partial charge >= 0.3 is 0 Å². The molecule has 78 valence electrons. The maximum Gasteiger partial charge on any atom is 0.0796 e. The average molecular weight is 193 g/mol. The van der Waals surface area contributed by atoms with Crippen molar-refractivity contribution in [2.45, 2.75) is 38.1 Å². The molecule has 0 unspecified atom stereocenters. The van der Waals surface area contributed by atoms with Crippen LogP contribution in [-0.4, -0.2) is 16.8 Å². The van der Waals surface area contributed by atoms with Gasteiger partial charge in [0.25, 0.3) is 0 Å². The Bertz CT molecular complexity index is 297. The Hall–Kier alpha value is -0.830. The van der Waals surface area contributed by atoms with Crippen LogP contribution in [0, 0.1) is 0 Å². The molecule has 1 aliphatic rings. The van der Waals surface area contributed by atoms with E-state index in [2.05, 4.69) is 16.6 Å². The maximum atomic E-state index is 4.50. The van der Waals surface area contributed by atoms with E-state index >= 15 is 0 Å². The molecular formula is C11H19N3. The number of aryl methyl sites for hydroxylation is 1. The minimum absolute atomic E-state index is 0.770. The molecule has 0 radical (unpaired) electrons. The molecule has 0 amide bonds. The first-order valence-electron chi connectivity index (χ1n) is 5.48. The molecule has 0 aliphatic heterocycles. The Morgan fingerprint density at radius 1 is 1.50 bits per heavy atom. The predicted octanol–water partition coefficient (Wildman–Crippen LogP) is 1.80. The van der Waals surface area contributed by atoms with Crippen molar-refractivity contribution in [2.75, 3.05) is 7.05 Å². The van der Waals surface area contributed by atoms with E-state index in [1.807, 2.05) is 18.8 Å². The minimum Gasteiger partial charge on any atom is -0.314 e. The highest BCUT2D eigenvalue weighted by Gasteiger charge is 2.21. The summed E-state index contributed by atoms with van der Waals surface area (Å²) in [4.78, 5) is 0. The van der Waals surface area contributed by atoms with Crippen LogP contribution in [0.4, 0.5) is 0 Å². The molecule has 0 saturated heterocycles. The molecular weight excluding hydrogens is 174 g/mol. The molecule has 0 aromatic carbocycles. The molecule has 3 heteroatoms. The van der Waals surface area contributed by atoms with E-state index in [9.17, 15) is 0 Å². The molecule has 1 aliphatic carbocycles. The van der Waals surface area contributed by atoms with Crippen molar-refractivity contribution >= 4 is 0 Å². The summed E-state index contributed by atoms with van der Waals surface area (Å²) < 4.78 is 1.94. The summed E-state index contributed by atoms with van der Waals surface area (Å²) >= 11 is 0. The summed E-state index contributed by atoms with van der Waals surface area (Å²) in [6, 6.07) is 0. The number of nitrogens with zero attached hydrogens (tertiary/aromatic N) is 2. The lowest BCUT2D eigenvalue weighted by Crippen LogP contribution is -2.09. The summed E-state index contributed by atoms with van der Waals surface area (Å²) in [5.74, 6) is 0.770. The van der Waals surface area contributed by atoms with Crippen molar-refractivity contribution < 1.29 is 0 Å². The van der Waals surface area contributed by atoms with Crippen LogP contribution in [-0.2, 0) is 13.6 Å². The first-order chi connectivity index (χ1) is 6.81. The van der Waals surface area contributed by atoms with Gasteiger partial charge in [-0.2, -0.15) is 5.10 Å². The Balaban J connectivity index is 2.21. The van der Waals surface area contributed by atoms with Gasteiger partial charge in [0, 0.05) is 19.8 Å². The van der Waals surface area contributed by atoms with Gasteiger partial charge < -0.3 is 5.32 Å². The van der Waals surface area contributed by atoms with Crippen LogP contribution >= 0.6 is 0 Å². The molecule has 0 bridgehead atoms. The van der Waals surface area contributed by atoms with E-state index in [1.54, 1.807) is 0 Å². The Morgan fingerprint density at radius 3 is 2.86 bits per heavy atom. The number of hydrogen-bond donors (Lipinski definition) is 1. The zero-order valence-electron chi connectivity index (χ0n) is 9.08. The fourth-order valence-electron chi connectivity index (χ4n) is 2.44. The van der Waals surface area contributed by atoms with Crippen molar-refractivity contribution in [3.8, 4) is 0 Å². The second kappa shape index (κ2) is 4.13. The van der Waals surface area contributed by atoms with Gasteiger partial charge in [-0.05, 0) is 31.4 Å². The van der Waals surface area contributed by atoms with Gasteiger partial charge in [0.2, 0.25) is 0 Å². The number of rotatable bonds is 3. The van der Waals surface area contributed by atoms with E-state index < -0.39 is 0 Å². The number of nitrogens with one attached hydrogen (secondary N) is 1. The van der Waals surface area contributed by atoms with Crippen LogP contribution in [0.3, 0.4) is 0 Å².